The number of aryl methyl sites for hydroxylation is 1. The molecule has 0 spiro atoms. The Hall–Kier alpha value is -3.27. The molecular weight excluding hydrogens is 457 g/mol. The number of phenolic OH excluding ortho intramolecular Hbond substituents is 1. The van der Waals surface area contributed by atoms with Gasteiger partial charge < -0.3 is 10.0 Å². The molecule has 2 N–H and O–H groups in total. The van der Waals surface area contributed by atoms with E-state index in [-0.39, 0.29) is 18.2 Å². The van der Waals surface area contributed by atoms with Crippen molar-refractivity contribution in [1.29, 1.82) is 5.26 Å². The number of phenols is 1. The third kappa shape index (κ3) is 4.10. The van der Waals surface area contributed by atoms with Gasteiger partial charge in [-0.1, -0.05) is 23.7 Å². The molecular formula is C25H23Cl2N5O. The van der Waals surface area contributed by atoms with Gasteiger partial charge in [0.1, 0.15) is 11.8 Å². The molecule has 2 aromatic carbocycles. The molecule has 1 aliphatic rings. The van der Waals surface area contributed by atoms with Crippen LogP contribution in [-0.4, -0.2) is 33.4 Å². The van der Waals surface area contributed by atoms with Crippen LogP contribution in [0.25, 0.3) is 33.4 Å². The number of piperidine rings is 1. The van der Waals surface area contributed by atoms with Crippen LogP contribution < -0.4 is 4.90 Å². The lowest BCUT2D eigenvalue weighted by molar-refractivity contribution is 0.475. The van der Waals surface area contributed by atoms with Gasteiger partial charge in [0, 0.05) is 35.6 Å². The summed E-state index contributed by atoms with van der Waals surface area (Å²) >= 11 is 6.41. The molecule has 0 aliphatic carbocycles. The lowest BCUT2D eigenvalue weighted by Gasteiger charge is -2.29. The second kappa shape index (κ2) is 9.30. The standard InChI is InChI=1S/C25H22ClN5O.ClH/c1-15-22-23(16-5-7-17(8-6-16)31-11-3-2-4-12-31)20(14-27)24(28-25(22)30-29-15)19-10-9-18(32)13-21(19)26;/h5-10,13,32H,2-4,11-12H2,1H3,(H,28,29,30);1H. The maximum atomic E-state index is 10.2. The van der Waals surface area contributed by atoms with Crippen LogP contribution in [0, 0.1) is 18.3 Å². The summed E-state index contributed by atoms with van der Waals surface area (Å²) in [7, 11) is 0. The molecule has 3 heterocycles. The Morgan fingerprint density at radius 1 is 1.09 bits per heavy atom. The second-order valence-electron chi connectivity index (χ2n) is 8.13. The van der Waals surface area contributed by atoms with E-state index >= 15 is 0 Å². The van der Waals surface area contributed by atoms with E-state index in [0.29, 0.717) is 27.5 Å². The Bertz CT molecular complexity index is 1350. The minimum Gasteiger partial charge on any atom is -0.508 e. The number of aromatic hydroxyl groups is 1. The number of hydrogen-bond donors (Lipinski definition) is 2. The van der Waals surface area contributed by atoms with Crippen LogP contribution in [0.3, 0.4) is 0 Å². The molecule has 168 valence electrons. The molecule has 0 bridgehead atoms. The Morgan fingerprint density at radius 2 is 1.82 bits per heavy atom. The zero-order chi connectivity index (χ0) is 22.2. The second-order valence-corrected chi connectivity index (χ2v) is 8.54. The molecule has 1 fully saturated rings. The molecule has 4 aromatic rings. The van der Waals surface area contributed by atoms with Gasteiger partial charge in [-0.15, -0.1) is 12.4 Å². The summed E-state index contributed by atoms with van der Waals surface area (Å²) in [6.07, 6.45) is 3.73. The first-order valence-electron chi connectivity index (χ1n) is 10.7. The third-order valence-electron chi connectivity index (χ3n) is 6.08. The van der Waals surface area contributed by atoms with Crippen molar-refractivity contribution in [2.75, 3.05) is 18.0 Å². The van der Waals surface area contributed by atoms with E-state index in [2.05, 4.69) is 50.4 Å². The Labute approximate surface area is 203 Å². The molecule has 0 amide bonds. The maximum absolute atomic E-state index is 10.2. The molecule has 5 rings (SSSR count). The summed E-state index contributed by atoms with van der Waals surface area (Å²) in [5, 5.41) is 28.5. The van der Waals surface area contributed by atoms with Gasteiger partial charge in [-0.25, -0.2) is 4.98 Å². The highest BCUT2D eigenvalue weighted by Crippen LogP contribution is 2.40. The summed E-state index contributed by atoms with van der Waals surface area (Å²) < 4.78 is 0. The average Bonchev–Trinajstić information content (AvgIpc) is 3.19. The van der Waals surface area contributed by atoms with Gasteiger partial charge in [0.2, 0.25) is 0 Å². The topological polar surface area (TPSA) is 88.8 Å². The fraction of sp³-hybridized carbons (Fsp3) is 0.240. The molecule has 6 nitrogen and oxygen atoms in total. The summed E-state index contributed by atoms with van der Waals surface area (Å²) in [5.41, 5.74) is 5.74. The Kier molecular flexibility index (Phi) is 6.46. The average molecular weight is 480 g/mol. The molecule has 8 heteroatoms. The van der Waals surface area contributed by atoms with Crippen molar-refractivity contribution in [2.45, 2.75) is 26.2 Å². The molecule has 1 aliphatic heterocycles. The van der Waals surface area contributed by atoms with Crippen LogP contribution in [0.2, 0.25) is 5.02 Å². The number of pyridine rings is 1. The Balaban J connectivity index is 0.00000259. The highest BCUT2D eigenvalue weighted by Gasteiger charge is 2.22. The molecule has 0 radical (unpaired) electrons. The molecule has 2 aromatic heterocycles. The summed E-state index contributed by atoms with van der Waals surface area (Å²) in [4.78, 5) is 7.07. The van der Waals surface area contributed by atoms with E-state index in [1.807, 2.05) is 6.92 Å². The van der Waals surface area contributed by atoms with E-state index in [0.717, 1.165) is 35.3 Å². The van der Waals surface area contributed by atoms with Crippen molar-refractivity contribution in [3.05, 3.63) is 58.7 Å². The van der Waals surface area contributed by atoms with Gasteiger partial charge in [-0.3, -0.25) is 5.10 Å². The number of nitrogens with one attached hydrogen (secondary N) is 1. The maximum Gasteiger partial charge on any atom is 0.182 e. The monoisotopic (exact) mass is 479 g/mol. The number of hydrogen-bond acceptors (Lipinski definition) is 5. The van der Waals surface area contributed by atoms with Gasteiger partial charge in [0.25, 0.3) is 0 Å². The molecule has 0 unspecified atom stereocenters. The normalized spacial score (nSPS) is 13.5. The van der Waals surface area contributed by atoms with Gasteiger partial charge >= 0.3 is 0 Å². The minimum absolute atomic E-state index is 0. The summed E-state index contributed by atoms with van der Waals surface area (Å²) in [6.45, 7) is 4.08. The van der Waals surface area contributed by atoms with Crippen LogP contribution in [0.1, 0.15) is 30.5 Å². The van der Waals surface area contributed by atoms with Gasteiger partial charge in [-0.05, 0) is 62.1 Å². The number of fused-ring (bicyclic) bond motifs is 1. The number of nitriles is 1. The lowest BCUT2D eigenvalue weighted by atomic mass is 9.93. The van der Waals surface area contributed by atoms with Crippen LogP contribution in [0.5, 0.6) is 5.75 Å². The number of H-pyrrole nitrogens is 1. The molecule has 33 heavy (non-hydrogen) atoms. The third-order valence-corrected chi connectivity index (χ3v) is 6.39. The Morgan fingerprint density at radius 3 is 2.48 bits per heavy atom. The van der Waals surface area contributed by atoms with Crippen molar-refractivity contribution in [3.8, 4) is 34.2 Å². The number of aromatic amines is 1. The van der Waals surface area contributed by atoms with Gasteiger partial charge in [-0.2, -0.15) is 10.4 Å². The number of halogens is 2. The van der Waals surface area contributed by atoms with Crippen molar-refractivity contribution in [1.82, 2.24) is 15.2 Å². The van der Waals surface area contributed by atoms with Crippen molar-refractivity contribution < 1.29 is 5.11 Å². The predicted octanol–water partition coefficient (Wildman–Crippen LogP) is 6.24. The molecule has 0 atom stereocenters. The van der Waals surface area contributed by atoms with E-state index < -0.39 is 0 Å². The van der Waals surface area contributed by atoms with Crippen LogP contribution >= 0.6 is 24.0 Å². The first kappa shape index (κ1) is 22.9. The van der Waals surface area contributed by atoms with E-state index in [4.69, 9.17) is 11.6 Å². The first-order valence-corrected chi connectivity index (χ1v) is 11.1. The van der Waals surface area contributed by atoms with Crippen LogP contribution in [-0.2, 0) is 0 Å². The van der Waals surface area contributed by atoms with E-state index in [1.54, 1.807) is 6.07 Å². The predicted molar refractivity (Wildman–Crippen MR) is 134 cm³/mol. The smallest absolute Gasteiger partial charge is 0.182 e. The zero-order valence-corrected chi connectivity index (χ0v) is 19.7. The number of aromatic nitrogens is 3. The summed E-state index contributed by atoms with van der Waals surface area (Å²) in [5.74, 6) is 0.0578. The lowest BCUT2D eigenvalue weighted by Crippen LogP contribution is -2.29. The van der Waals surface area contributed by atoms with E-state index in [9.17, 15) is 10.4 Å². The largest absolute Gasteiger partial charge is 0.508 e. The van der Waals surface area contributed by atoms with Crippen LogP contribution in [0.4, 0.5) is 5.69 Å². The number of rotatable bonds is 3. The van der Waals surface area contributed by atoms with Crippen molar-refractivity contribution in [3.63, 3.8) is 0 Å². The van der Waals surface area contributed by atoms with Crippen molar-refractivity contribution in [2.24, 2.45) is 0 Å². The van der Waals surface area contributed by atoms with Crippen molar-refractivity contribution >= 4 is 40.7 Å². The van der Waals surface area contributed by atoms with Crippen LogP contribution in [0.15, 0.2) is 42.5 Å². The molecule has 1 saturated heterocycles. The zero-order valence-electron chi connectivity index (χ0n) is 18.1. The number of anilines is 1. The van der Waals surface area contributed by atoms with E-state index in [1.165, 1.54) is 37.1 Å². The number of nitrogens with zero attached hydrogens (tertiary/aromatic N) is 4. The SMILES string of the molecule is Cc1[nH]nc2nc(-c3ccc(O)cc3Cl)c(C#N)c(-c3ccc(N4CCCCC4)cc3)c12.Cl. The number of benzene rings is 2. The minimum atomic E-state index is 0. The fourth-order valence-corrected chi connectivity index (χ4v) is 4.75. The quantitative estimate of drug-likeness (QED) is 0.362. The summed E-state index contributed by atoms with van der Waals surface area (Å²) in [6, 6.07) is 15.4. The van der Waals surface area contributed by atoms with Gasteiger partial charge in [0.05, 0.1) is 21.7 Å². The fourth-order valence-electron chi connectivity index (χ4n) is 4.48. The highest BCUT2D eigenvalue weighted by atomic mass is 35.5. The first-order chi connectivity index (χ1) is 15.6. The van der Waals surface area contributed by atoms with Gasteiger partial charge in [0.15, 0.2) is 5.65 Å². The highest BCUT2D eigenvalue weighted by molar-refractivity contribution is 6.33. The molecule has 0 saturated carbocycles.